The van der Waals surface area contributed by atoms with Crippen molar-refractivity contribution in [1.29, 1.82) is 0 Å². The zero-order valence-electron chi connectivity index (χ0n) is 19.6. The molecule has 1 aliphatic heterocycles. The number of unbranched alkanes of at least 4 members (excludes halogenated alkanes) is 3. The summed E-state index contributed by atoms with van der Waals surface area (Å²) in [5.74, 6) is 2.66. The van der Waals surface area contributed by atoms with E-state index in [1.165, 1.54) is 50.2 Å². The van der Waals surface area contributed by atoms with Crippen molar-refractivity contribution in [3.63, 3.8) is 0 Å². The Labute approximate surface area is 182 Å². The van der Waals surface area contributed by atoms with Crippen LogP contribution in [0.25, 0.3) is 0 Å². The summed E-state index contributed by atoms with van der Waals surface area (Å²) in [5.41, 5.74) is 3.75. The normalized spacial score (nSPS) is 28.3. The first-order valence-corrected chi connectivity index (χ1v) is 11.8. The topological polar surface area (TPSA) is 35.5 Å². The Balaban J connectivity index is 1.71. The lowest BCUT2D eigenvalue weighted by molar-refractivity contribution is -0.132. The maximum atomic E-state index is 12.0. The van der Waals surface area contributed by atoms with E-state index >= 15 is 0 Å². The van der Waals surface area contributed by atoms with E-state index in [1.54, 1.807) is 0 Å². The summed E-state index contributed by atoms with van der Waals surface area (Å²) >= 11 is 0. The summed E-state index contributed by atoms with van der Waals surface area (Å²) in [5, 5.41) is 0. The Bertz CT molecular complexity index is 863. The molecule has 164 valence electrons. The maximum Gasteiger partial charge on any atom is 0.308 e. The molecule has 3 nitrogen and oxygen atoms in total. The molecule has 0 saturated heterocycles. The average Bonchev–Trinajstić information content (AvgIpc) is 3.05. The van der Waals surface area contributed by atoms with Crippen molar-refractivity contribution in [1.82, 2.24) is 0 Å². The Morgan fingerprint density at radius 3 is 2.63 bits per heavy atom. The number of benzene rings is 1. The van der Waals surface area contributed by atoms with Gasteiger partial charge in [0.15, 0.2) is 0 Å². The van der Waals surface area contributed by atoms with E-state index in [2.05, 4.69) is 53.3 Å². The predicted molar refractivity (Wildman–Crippen MR) is 121 cm³/mol. The van der Waals surface area contributed by atoms with Crippen molar-refractivity contribution in [3.8, 4) is 11.5 Å². The molecule has 1 aromatic rings. The third-order valence-electron chi connectivity index (χ3n) is 8.30. The highest BCUT2D eigenvalue weighted by molar-refractivity contribution is 5.71. The smallest absolute Gasteiger partial charge is 0.308 e. The van der Waals surface area contributed by atoms with E-state index in [1.807, 2.05) is 0 Å². The number of fused-ring (bicyclic) bond motifs is 1. The quantitative estimate of drug-likeness (QED) is 0.211. The molecular weight excluding hydrogens is 372 g/mol. The van der Waals surface area contributed by atoms with Crippen LogP contribution >= 0.6 is 0 Å². The molecule has 1 heterocycles. The molecule has 1 aromatic carbocycles. The number of ether oxygens (including phenoxy) is 2. The molecule has 3 fully saturated rings. The molecule has 4 aliphatic rings. The second-order valence-corrected chi connectivity index (χ2v) is 11.0. The second-order valence-electron chi connectivity index (χ2n) is 11.0. The maximum absolute atomic E-state index is 12.0. The van der Waals surface area contributed by atoms with Gasteiger partial charge in [0.2, 0.25) is 0 Å². The van der Waals surface area contributed by atoms with Crippen LogP contribution in [-0.2, 0) is 10.2 Å². The highest BCUT2D eigenvalue weighted by atomic mass is 16.5. The number of carbonyl (C=O) groups is 1. The third kappa shape index (κ3) is 3.29. The van der Waals surface area contributed by atoms with Gasteiger partial charge in [0.25, 0.3) is 0 Å². The van der Waals surface area contributed by atoms with Gasteiger partial charge in [-0.3, -0.25) is 4.79 Å². The zero-order chi connectivity index (χ0) is 21.8. The lowest BCUT2D eigenvalue weighted by atomic mass is 9.43. The molecule has 5 rings (SSSR count). The summed E-state index contributed by atoms with van der Waals surface area (Å²) in [4.78, 5) is 12.0. The highest BCUT2D eigenvalue weighted by Crippen LogP contribution is 2.69. The fourth-order valence-corrected chi connectivity index (χ4v) is 6.27. The summed E-state index contributed by atoms with van der Waals surface area (Å²) in [6.07, 6.45) is 7.31. The molecule has 0 unspecified atom stereocenters. The number of carbonyl (C=O) groups excluding carboxylic acids is 1. The highest BCUT2D eigenvalue weighted by Gasteiger charge is 2.63. The van der Waals surface area contributed by atoms with Gasteiger partial charge >= 0.3 is 5.97 Å². The molecule has 3 aliphatic carbocycles. The fourth-order valence-electron chi connectivity index (χ4n) is 6.27. The Hall–Kier alpha value is -1.77. The lowest BCUT2D eigenvalue weighted by Gasteiger charge is -2.61. The fraction of sp³-hybridized carbons (Fsp3) is 0.667. The molecule has 0 radical (unpaired) electrons. The Morgan fingerprint density at radius 1 is 1.27 bits per heavy atom. The summed E-state index contributed by atoms with van der Waals surface area (Å²) in [6.45, 7) is 17.5. The van der Waals surface area contributed by atoms with Gasteiger partial charge in [-0.2, -0.15) is 0 Å². The van der Waals surface area contributed by atoms with Gasteiger partial charge in [-0.05, 0) is 58.8 Å². The second kappa shape index (κ2) is 7.43. The van der Waals surface area contributed by atoms with Gasteiger partial charge in [-0.25, -0.2) is 0 Å². The van der Waals surface area contributed by atoms with Gasteiger partial charge < -0.3 is 9.47 Å². The number of rotatable bonds is 7. The van der Waals surface area contributed by atoms with Gasteiger partial charge in [-0.15, -0.1) is 0 Å². The standard InChI is InChI=1S/C27H38O3/c1-8-9-10-11-12-26(4,5)18-13-21(29-17(3)28)24-22(14-18)30-25-16(2)19-15-20(23(24)25)27(19,6)7/h13-14,19-20,23,25H,2,8-12,15H2,1,3-7H3/t19-,20+,23-,25-/m0/s1. The molecule has 3 saturated carbocycles. The minimum absolute atomic E-state index is 0.00713. The van der Waals surface area contributed by atoms with E-state index in [4.69, 9.17) is 9.47 Å². The van der Waals surface area contributed by atoms with Gasteiger partial charge in [0.05, 0.1) is 0 Å². The zero-order valence-corrected chi connectivity index (χ0v) is 19.6. The van der Waals surface area contributed by atoms with Crippen molar-refractivity contribution >= 4 is 5.97 Å². The van der Waals surface area contributed by atoms with Crippen LogP contribution in [0.15, 0.2) is 24.3 Å². The van der Waals surface area contributed by atoms with E-state index in [0.29, 0.717) is 17.6 Å². The van der Waals surface area contributed by atoms with Crippen molar-refractivity contribution < 1.29 is 14.3 Å². The van der Waals surface area contributed by atoms with Crippen LogP contribution in [0.3, 0.4) is 0 Å². The van der Waals surface area contributed by atoms with Crippen LogP contribution in [0.4, 0.5) is 0 Å². The van der Waals surface area contributed by atoms with E-state index in [9.17, 15) is 4.79 Å². The molecular formula is C27H38O3. The molecule has 2 bridgehead atoms. The van der Waals surface area contributed by atoms with E-state index in [0.717, 1.165) is 17.7 Å². The third-order valence-corrected chi connectivity index (χ3v) is 8.30. The monoisotopic (exact) mass is 410 g/mol. The van der Waals surface area contributed by atoms with Crippen molar-refractivity contribution in [2.24, 2.45) is 17.3 Å². The van der Waals surface area contributed by atoms with Gasteiger partial charge in [-0.1, -0.05) is 66.9 Å². The first kappa shape index (κ1) is 21.5. The van der Waals surface area contributed by atoms with Crippen molar-refractivity contribution in [3.05, 3.63) is 35.4 Å². The first-order chi connectivity index (χ1) is 14.1. The molecule has 4 atom stereocenters. The average molecular weight is 411 g/mol. The molecule has 0 N–H and O–H groups in total. The predicted octanol–water partition coefficient (Wildman–Crippen LogP) is 6.94. The van der Waals surface area contributed by atoms with Gasteiger partial charge in [0.1, 0.15) is 17.6 Å². The summed E-state index contributed by atoms with van der Waals surface area (Å²) in [7, 11) is 0. The van der Waals surface area contributed by atoms with Crippen molar-refractivity contribution in [2.45, 2.75) is 97.5 Å². The number of hydrogen-bond acceptors (Lipinski definition) is 3. The van der Waals surface area contributed by atoms with Crippen LogP contribution < -0.4 is 9.47 Å². The van der Waals surface area contributed by atoms with Crippen LogP contribution in [0.5, 0.6) is 11.5 Å². The lowest BCUT2D eigenvalue weighted by Crippen LogP contribution is -2.57. The van der Waals surface area contributed by atoms with E-state index < -0.39 is 0 Å². The molecule has 3 heteroatoms. The SMILES string of the molecule is C=C1[C@@H]2Oc3cc(C(C)(C)CCCCCC)cc(OC(C)=O)c3[C@@H]2[C@H]2C[C@@H]1C2(C)C. The molecule has 0 amide bonds. The van der Waals surface area contributed by atoms with Crippen LogP contribution in [0, 0.1) is 17.3 Å². The van der Waals surface area contributed by atoms with Crippen molar-refractivity contribution in [2.75, 3.05) is 0 Å². The van der Waals surface area contributed by atoms with E-state index in [-0.39, 0.29) is 28.8 Å². The van der Waals surface area contributed by atoms with Gasteiger partial charge in [0, 0.05) is 18.4 Å². The largest absolute Gasteiger partial charge is 0.485 e. The summed E-state index contributed by atoms with van der Waals surface area (Å²) < 4.78 is 12.3. The first-order valence-electron chi connectivity index (χ1n) is 11.8. The number of esters is 1. The Kier molecular flexibility index (Phi) is 5.31. The van der Waals surface area contributed by atoms with Crippen LogP contribution in [0.2, 0.25) is 0 Å². The van der Waals surface area contributed by atoms with Crippen LogP contribution in [0.1, 0.15) is 97.1 Å². The molecule has 0 spiro atoms. The Morgan fingerprint density at radius 2 is 2.00 bits per heavy atom. The summed E-state index contributed by atoms with van der Waals surface area (Å²) in [6, 6.07) is 4.34. The minimum atomic E-state index is -0.265. The van der Waals surface area contributed by atoms with Crippen LogP contribution in [-0.4, -0.2) is 12.1 Å². The molecule has 30 heavy (non-hydrogen) atoms. The minimum Gasteiger partial charge on any atom is -0.485 e. The number of hydrogen-bond donors (Lipinski definition) is 0. The molecule has 0 aromatic heterocycles.